The van der Waals surface area contributed by atoms with Crippen molar-refractivity contribution in [3.05, 3.63) is 30.4 Å². The van der Waals surface area contributed by atoms with Crippen LogP contribution in [0, 0.1) is 0 Å². The Balaban J connectivity index is 1.93. The number of rotatable bonds is 5. The molecule has 0 aliphatic heterocycles. The van der Waals surface area contributed by atoms with Crippen LogP contribution < -0.4 is 10.6 Å². The lowest BCUT2D eigenvalue weighted by Crippen LogP contribution is -2.33. The number of hydrogen-bond acceptors (Lipinski definition) is 3. The molecule has 0 atom stereocenters. The van der Waals surface area contributed by atoms with Crippen molar-refractivity contribution < 1.29 is 0 Å². The predicted molar refractivity (Wildman–Crippen MR) is 83.7 cm³/mol. The van der Waals surface area contributed by atoms with Gasteiger partial charge in [0.1, 0.15) is 0 Å². The van der Waals surface area contributed by atoms with E-state index in [9.17, 15) is 0 Å². The van der Waals surface area contributed by atoms with Gasteiger partial charge in [-0.25, -0.2) is 0 Å². The molecule has 7 heteroatoms. The SMILES string of the molecule is CCn1cc(Cn2cc(NC(=S)NC(C)C)cn2)cn1. The van der Waals surface area contributed by atoms with Gasteiger partial charge in [0.2, 0.25) is 0 Å². The first-order valence-electron chi connectivity index (χ1n) is 6.68. The molecule has 0 radical (unpaired) electrons. The fraction of sp³-hybridized carbons (Fsp3) is 0.462. The molecule has 2 heterocycles. The number of anilines is 1. The molecular formula is C13H20N6S. The third-order valence-electron chi connectivity index (χ3n) is 2.67. The van der Waals surface area contributed by atoms with E-state index in [4.69, 9.17) is 12.2 Å². The van der Waals surface area contributed by atoms with Crippen molar-refractivity contribution in [2.45, 2.75) is 39.9 Å². The smallest absolute Gasteiger partial charge is 0.171 e. The van der Waals surface area contributed by atoms with Crippen LogP contribution in [0.3, 0.4) is 0 Å². The Morgan fingerprint density at radius 3 is 2.65 bits per heavy atom. The lowest BCUT2D eigenvalue weighted by molar-refractivity contribution is 0.654. The molecule has 0 saturated carbocycles. The average molecular weight is 292 g/mol. The minimum absolute atomic E-state index is 0.310. The monoisotopic (exact) mass is 292 g/mol. The van der Waals surface area contributed by atoms with E-state index in [1.54, 1.807) is 6.20 Å². The van der Waals surface area contributed by atoms with Crippen molar-refractivity contribution in [3.8, 4) is 0 Å². The summed E-state index contributed by atoms with van der Waals surface area (Å²) in [6.45, 7) is 7.73. The molecule has 0 aliphatic rings. The van der Waals surface area contributed by atoms with E-state index < -0.39 is 0 Å². The Bertz CT molecular complexity index is 571. The highest BCUT2D eigenvalue weighted by Crippen LogP contribution is 2.07. The van der Waals surface area contributed by atoms with Crippen LogP contribution >= 0.6 is 12.2 Å². The lowest BCUT2D eigenvalue weighted by Gasteiger charge is -2.11. The predicted octanol–water partition coefficient (Wildman–Crippen LogP) is 1.84. The zero-order chi connectivity index (χ0) is 14.5. The number of thiocarbonyl (C=S) groups is 1. The van der Waals surface area contributed by atoms with Gasteiger partial charge in [-0.15, -0.1) is 0 Å². The molecule has 0 unspecified atom stereocenters. The van der Waals surface area contributed by atoms with Crippen molar-refractivity contribution in [3.63, 3.8) is 0 Å². The first kappa shape index (κ1) is 14.5. The summed E-state index contributed by atoms with van der Waals surface area (Å²) < 4.78 is 3.76. The van der Waals surface area contributed by atoms with Crippen molar-refractivity contribution >= 4 is 23.0 Å². The topological polar surface area (TPSA) is 59.7 Å². The second kappa shape index (κ2) is 6.51. The number of hydrogen-bond donors (Lipinski definition) is 2. The maximum absolute atomic E-state index is 5.20. The summed E-state index contributed by atoms with van der Waals surface area (Å²) in [6.07, 6.45) is 7.58. The molecular weight excluding hydrogens is 272 g/mol. The van der Waals surface area contributed by atoms with Crippen LogP contribution in [0.15, 0.2) is 24.8 Å². The molecule has 108 valence electrons. The van der Waals surface area contributed by atoms with Crippen molar-refractivity contribution in [1.82, 2.24) is 24.9 Å². The Labute approximate surface area is 124 Å². The van der Waals surface area contributed by atoms with Gasteiger partial charge in [-0.3, -0.25) is 9.36 Å². The summed E-state index contributed by atoms with van der Waals surface area (Å²) in [6, 6.07) is 0.310. The van der Waals surface area contributed by atoms with Crippen molar-refractivity contribution in [1.29, 1.82) is 0 Å². The zero-order valence-electron chi connectivity index (χ0n) is 12.0. The normalized spacial score (nSPS) is 10.8. The summed E-state index contributed by atoms with van der Waals surface area (Å²) in [7, 11) is 0. The highest BCUT2D eigenvalue weighted by Gasteiger charge is 2.04. The van der Waals surface area contributed by atoms with Gasteiger partial charge < -0.3 is 10.6 Å². The standard InChI is InChI=1S/C13H20N6S/c1-4-18-7-11(5-14-18)8-19-9-12(6-15-19)17-13(20)16-10(2)3/h5-7,9-10H,4,8H2,1-3H3,(H2,16,17,20). The summed E-state index contributed by atoms with van der Waals surface area (Å²) in [5.41, 5.74) is 2.01. The molecule has 20 heavy (non-hydrogen) atoms. The molecule has 0 aromatic carbocycles. The third-order valence-corrected chi connectivity index (χ3v) is 2.89. The molecule has 6 nitrogen and oxygen atoms in total. The fourth-order valence-electron chi connectivity index (χ4n) is 1.79. The van der Waals surface area contributed by atoms with E-state index >= 15 is 0 Å². The van der Waals surface area contributed by atoms with Crippen molar-refractivity contribution in [2.24, 2.45) is 0 Å². The van der Waals surface area contributed by atoms with Crippen LogP contribution in [0.25, 0.3) is 0 Å². The highest BCUT2D eigenvalue weighted by atomic mass is 32.1. The van der Waals surface area contributed by atoms with Crippen LogP contribution in [0.5, 0.6) is 0 Å². The summed E-state index contributed by atoms with van der Waals surface area (Å²) in [4.78, 5) is 0. The minimum Gasteiger partial charge on any atom is -0.360 e. The maximum atomic E-state index is 5.20. The van der Waals surface area contributed by atoms with Gasteiger partial charge in [-0.05, 0) is 33.0 Å². The number of aryl methyl sites for hydroxylation is 1. The first-order chi connectivity index (χ1) is 9.56. The minimum atomic E-state index is 0.310. The zero-order valence-corrected chi connectivity index (χ0v) is 12.8. The molecule has 0 bridgehead atoms. The Kier molecular flexibility index (Phi) is 4.73. The quantitative estimate of drug-likeness (QED) is 0.824. The van der Waals surface area contributed by atoms with Crippen LogP contribution in [-0.4, -0.2) is 30.7 Å². The van der Waals surface area contributed by atoms with E-state index in [1.165, 1.54) is 0 Å². The molecule has 2 aromatic heterocycles. The van der Waals surface area contributed by atoms with E-state index in [0.29, 0.717) is 17.7 Å². The number of nitrogens with zero attached hydrogens (tertiary/aromatic N) is 4. The molecule has 0 spiro atoms. The van der Waals surface area contributed by atoms with E-state index in [1.807, 2.05) is 41.8 Å². The highest BCUT2D eigenvalue weighted by molar-refractivity contribution is 7.80. The molecule has 2 aromatic rings. The van der Waals surface area contributed by atoms with Gasteiger partial charge in [0.25, 0.3) is 0 Å². The summed E-state index contributed by atoms with van der Waals surface area (Å²) >= 11 is 5.20. The summed E-state index contributed by atoms with van der Waals surface area (Å²) in [5.74, 6) is 0. The second-order valence-electron chi connectivity index (χ2n) is 4.88. The Morgan fingerprint density at radius 2 is 2.00 bits per heavy atom. The number of nitrogens with one attached hydrogen (secondary N) is 2. The molecule has 0 fully saturated rings. The molecule has 2 rings (SSSR count). The molecule has 2 N–H and O–H groups in total. The van der Waals surface area contributed by atoms with Gasteiger partial charge in [0.05, 0.1) is 24.6 Å². The Morgan fingerprint density at radius 1 is 1.25 bits per heavy atom. The van der Waals surface area contributed by atoms with Gasteiger partial charge in [-0.1, -0.05) is 0 Å². The summed E-state index contributed by atoms with van der Waals surface area (Å²) in [5, 5.41) is 15.4. The van der Waals surface area contributed by atoms with Crippen molar-refractivity contribution in [2.75, 3.05) is 5.32 Å². The van der Waals surface area contributed by atoms with E-state index in [0.717, 1.165) is 17.8 Å². The lowest BCUT2D eigenvalue weighted by atomic mass is 10.4. The first-order valence-corrected chi connectivity index (χ1v) is 7.09. The van der Waals surface area contributed by atoms with Gasteiger partial charge in [0, 0.05) is 30.5 Å². The van der Waals surface area contributed by atoms with Gasteiger partial charge in [-0.2, -0.15) is 10.2 Å². The Hall–Kier alpha value is -1.89. The van der Waals surface area contributed by atoms with Crippen LogP contribution in [0.4, 0.5) is 5.69 Å². The van der Waals surface area contributed by atoms with Crippen LogP contribution in [0.2, 0.25) is 0 Å². The van der Waals surface area contributed by atoms with Crippen LogP contribution in [0.1, 0.15) is 26.3 Å². The molecule has 0 aliphatic carbocycles. The fourth-order valence-corrected chi connectivity index (χ4v) is 2.15. The van der Waals surface area contributed by atoms with E-state index in [2.05, 4.69) is 27.8 Å². The van der Waals surface area contributed by atoms with E-state index in [-0.39, 0.29) is 0 Å². The molecule has 0 amide bonds. The average Bonchev–Trinajstić information content (AvgIpc) is 2.98. The largest absolute Gasteiger partial charge is 0.360 e. The maximum Gasteiger partial charge on any atom is 0.171 e. The van der Waals surface area contributed by atoms with Gasteiger partial charge in [0.15, 0.2) is 5.11 Å². The second-order valence-corrected chi connectivity index (χ2v) is 5.29. The number of aromatic nitrogens is 4. The molecule has 0 saturated heterocycles. The van der Waals surface area contributed by atoms with Gasteiger partial charge >= 0.3 is 0 Å². The van der Waals surface area contributed by atoms with Crippen LogP contribution in [-0.2, 0) is 13.1 Å². The third kappa shape index (κ3) is 4.06.